The molecule has 1 fully saturated rings. The van der Waals surface area contributed by atoms with Crippen molar-refractivity contribution in [3.63, 3.8) is 0 Å². The molecule has 1 aliphatic rings. The highest BCUT2D eigenvalue weighted by Crippen LogP contribution is 2.28. The Morgan fingerprint density at radius 3 is 2.34 bits per heavy atom. The van der Waals surface area contributed by atoms with Crippen molar-refractivity contribution in [1.82, 2.24) is 19.7 Å². The van der Waals surface area contributed by atoms with Crippen molar-refractivity contribution in [3.05, 3.63) is 59.0 Å². The van der Waals surface area contributed by atoms with Crippen LogP contribution in [-0.2, 0) is 0 Å². The van der Waals surface area contributed by atoms with Crippen molar-refractivity contribution >= 4 is 18.0 Å². The first-order valence-corrected chi connectivity index (χ1v) is 10.1. The molecule has 0 spiro atoms. The Balaban J connectivity index is 1.69. The summed E-state index contributed by atoms with van der Waals surface area (Å²) in [5, 5.41) is 9.27. The summed E-state index contributed by atoms with van der Waals surface area (Å²) in [4.78, 5) is 11.2. The highest BCUT2D eigenvalue weighted by atomic mass is 15.4. The smallest absolute Gasteiger partial charge is 0.243 e. The Morgan fingerprint density at radius 2 is 1.66 bits per heavy atom. The quantitative estimate of drug-likeness (QED) is 0.527. The Bertz CT molecular complexity index is 981. The monoisotopic (exact) mass is 389 g/mol. The number of piperidine rings is 1. The summed E-state index contributed by atoms with van der Waals surface area (Å²) in [5.74, 6) is 1.60. The van der Waals surface area contributed by atoms with Crippen LogP contribution in [0.4, 0.5) is 11.8 Å². The maximum absolute atomic E-state index is 4.83. The lowest BCUT2D eigenvalue weighted by Gasteiger charge is -2.29. The van der Waals surface area contributed by atoms with Gasteiger partial charge in [0.15, 0.2) is 0 Å². The zero-order chi connectivity index (χ0) is 20.2. The summed E-state index contributed by atoms with van der Waals surface area (Å²) in [5.41, 5.74) is 7.82. The van der Waals surface area contributed by atoms with Crippen LogP contribution in [0.5, 0.6) is 0 Å². The van der Waals surface area contributed by atoms with Crippen LogP contribution in [0.15, 0.2) is 41.5 Å². The first-order valence-electron chi connectivity index (χ1n) is 10.1. The van der Waals surface area contributed by atoms with Gasteiger partial charge < -0.3 is 4.90 Å². The molecule has 0 aliphatic carbocycles. The van der Waals surface area contributed by atoms with Crippen LogP contribution in [0.25, 0.3) is 5.69 Å². The normalized spacial score (nSPS) is 14.5. The van der Waals surface area contributed by atoms with Gasteiger partial charge in [-0.1, -0.05) is 18.2 Å². The summed E-state index contributed by atoms with van der Waals surface area (Å²) in [6.07, 6.45) is 5.52. The van der Waals surface area contributed by atoms with Gasteiger partial charge in [-0.3, -0.25) is 0 Å². The molecule has 1 N–H and O–H groups in total. The van der Waals surface area contributed by atoms with Crippen LogP contribution in [0.2, 0.25) is 0 Å². The third kappa shape index (κ3) is 4.29. The maximum atomic E-state index is 4.83. The number of hydrogen-bond donors (Lipinski definition) is 1. The highest BCUT2D eigenvalue weighted by molar-refractivity contribution is 5.89. The second-order valence-electron chi connectivity index (χ2n) is 7.46. The molecule has 1 aromatic carbocycles. The van der Waals surface area contributed by atoms with E-state index in [0.29, 0.717) is 5.95 Å². The molecule has 1 saturated heterocycles. The molecule has 0 atom stereocenters. The summed E-state index contributed by atoms with van der Waals surface area (Å²) < 4.78 is 2.04. The van der Waals surface area contributed by atoms with Gasteiger partial charge in [0.05, 0.1) is 23.2 Å². The van der Waals surface area contributed by atoms with Crippen LogP contribution in [0.3, 0.4) is 0 Å². The summed E-state index contributed by atoms with van der Waals surface area (Å²) in [6.45, 7) is 8.00. The topological polar surface area (TPSA) is 71.2 Å². The van der Waals surface area contributed by atoms with Crippen molar-refractivity contribution < 1.29 is 0 Å². The first-order chi connectivity index (χ1) is 14.1. The van der Waals surface area contributed by atoms with E-state index in [0.717, 1.165) is 47.2 Å². The van der Waals surface area contributed by atoms with Crippen LogP contribution in [0.1, 0.15) is 41.9 Å². The molecule has 3 aromatic rings. The van der Waals surface area contributed by atoms with Gasteiger partial charge in [0.25, 0.3) is 0 Å². The number of hydrazone groups is 1. The van der Waals surface area contributed by atoms with Gasteiger partial charge in [-0.05, 0) is 58.2 Å². The average molecular weight is 390 g/mol. The molecule has 0 saturated carbocycles. The third-order valence-corrected chi connectivity index (χ3v) is 5.08. The van der Waals surface area contributed by atoms with Crippen LogP contribution < -0.4 is 10.3 Å². The summed E-state index contributed by atoms with van der Waals surface area (Å²) in [7, 11) is 0. The number of para-hydroxylation sites is 1. The minimum atomic E-state index is 0.506. The Kier molecular flexibility index (Phi) is 5.55. The van der Waals surface area contributed by atoms with E-state index in [1.165, 1.54) is 19.3 Å². The third-order valence-electron chi connectivity index (χ3n) is 5.08. The second kappa shape index (κ2) is 8.43. The molecule has 1 aliphatic heterocycles. The molecule has 0 radical (unpaired) electrons. The van der Waals surface area contributed by atoms with E-state index in [2.05, 4.69) is 37.5 Å². The highest BCUT2D eigenvalue weighted by Gasteiger charge is 2.22. The predicted molar refractivity (Wildman–Crippen MR) is 117 cm³/mol. The zero-order valence-corrected chi connectivity index (χ0v) is 17.3. The van der Waals surface area contributed by atoms with E-state index in [1.807, 2.05) is 55.9 Å². The molecule has 3 heterocycles. The summed E-state index contributed by atoms with van der Waals surface area (Å²) in [6, 6.07) is 12.2. The Hall–Kier alpha value is -3.22. The van der Waals surface area contributed by atoms with Crippen molar-refractivity contribution in [1.29, 1.82) is 0 Å². The first kappa shape index (κ1) is 19.1. The Morgan fingerprint density at radius 1 is 0.966 bits per heavy atom. The fraction of sp³-hybridized carbons (Fsp3) is 0.364. The minimum absolute atomic E-state index is 0.506. The number of aryl methyl sites for hydroxylation is 3. The molecule has 0 amide bonds. The number of anilines is 2. The standard InChI is InChI=1S/C22H27N7/c1-16-14-17(2)25-22(24-16)26-23-15-20-18(3)27-29(19-10-6-4-7-11-19)21(20)28-12-8-5-9-13-28/h4,6-7,10-11,14-15H,5,8-9,12-13H2,1-3H3,(H,24,25,26)/b23-15+. The number of benzene rings is 1. The molecule has 150 valence electrons. The van der Waals surface area contributed by atoms with E-state index >= 15 is 0 Å². The molecule has 2 aromatic heterocycles. The van der Waals surface area contributed by atoms with Gasteiger partial charge in [0, 0.05) is 24.5 Å². The molecule has 7 nitrogen and oxygen atoms in total. The molecule has 7 heteroatoms. The Labute approximate surface area is 171 Å². The van der Waals surface area contributed by atoms with E-state index in [9.17, 15) is 0 Å². The molecule has 0 unspecified atom stereocenters. The summed E-state index contributed by atoms with van der Waals surface area (Å²) >= 11 is 0. The average Bonchev–Trinajstić information content (AvgIpc) is 3.05. The van der Waals surface area contributed by atoms with Crippen LogP contribution in [0, 0.1) is 20.8 Å². The van der Waals surface area contributed by atoms with E-state index in [4.69, 9.17) is 5.10 Å². The van der Waals surface area contributed by atoms with E-state index in [1.54, 1.807) is 0 Å². The lowest BCUT2D eigenvalue weighted by atomic mass is 10.1. The fourth-order valence-electron chi connectivity index (χ4n) is 3.77. The van der Waals surface area contributed by atoms with Gasteiger partial charge in [-0.2, -0.15) is 10.2 Å². The maximum Gasteiger partial charge on any atom is 0.243 e. The van der Waals surface area contributed by atoms with Crippen molar-refractivity contribution in [2.45, 2.75) is 40.0 Å². The van der Waals surface area contributed by atoms with E-state index in [-0.39, 0.29) is 0 Å². The minimum Gasteiger partial charge on any atom is -0.356 e. The molecule has 4 rings (SSSR count). The van der Waals surface area contributed by atoms with Crippen LogP contribution in [-0.4, -0.2) is 39.1 Å². The molecular formula is C22H27N7. The van der Waals surface area contributed by atoms with Gasteiger partial charge >= 0.3 is 0 Å². The number of rotatable bonds is 5. The van der Waals surface area contributed by atoms with E-state index < -0.39 is 0 Å². The number of nitrogens with one attached hydrogen (secondary N) is 1. The lowest BCUT2D eigenvalue weighted by Crippen LogP contribution is -2.32. The molecular weight excluding hydrogens is 362 g/mol. The fourth-order valence-corrected chi connectivity index (χ4v) is 3.77. The van der Waals surface area contributed by atoms with Gasteiger partial charge in [0.1, 0.15) is 5.82 Å². The molecule has 0 bridgehead atoms. The van der Waals surface area contributed by atoms with Crippen molar-refractivity contribution in [2.24, 2.45) is 5.10 Å². The zero-order valence-electron chi connectivity index (χ0n) is 17.3. The van der Waals surface area contributed by atoms with Gasteiger partial charge in [-0.25, -0.2) is 20.1 Å². The van der Waals surface area contributed by atoms with Crippen molar-refractivity contribution in [3.8, 4) is 5.69 Å². The van der Waals surface area contributed by atoms with Crippen LogP contribution >= 0.6 is 0 Å². The lowest BCUT2D eigenvalue weighted by molar-refractivity contribution is 0.567. The SMILES string of the molecule is Cc1cc(C)nc(N/N=C/c2c(C)nn(-c3ccccc3)c2N2CCCCC2)n1. The second-order valence-corrected chi connectivity index (χ2v) is 7.46. The largest absolute Gasteiger partial charge is 0.356 e. The van der Waals surface area contributed by atoms with Gasteiger partial charge in [-0.15, -0.1) is 0 Å². The number of nitrogens with zero attached hydrogens (tertiary/aromatic N) is 6. The molecule has 29 heavy (non-hydrogen) atoms. The van der Waals surface area contributed by atoms with Gasteiger partial charge in [0.2, 0.25) is 5.95 Å². The number of hydrogen-bond acceptors (Lipinski definition) is 6. The van der Waals surface area contributed by atoms with Crippen molar-refractivity contribution in [2.75, 3.05) is 23.4 Å². The number of aromatic nitrogens is 4. The predicted octanol–water partition coefficient (Wildman–Crippen LogP) is 4.02.